The zero-order chi connectivity index (χ0) is 15.3. The number of nitrogens with two attached hydrogens (primary N) is 1. The molecule has 0 radical (unpaired) electrons. The molecule has 1 atom stereocenters. The first-order valence-corrected chi connectivity index (χ1v) is 6.93. The molecule has 2 N–H and O–H groups in total. The Hall–Kier alpha value is -0.940. The van der Waals surface area contributed by atoms with Crippen LogP contribution in [0.4, 0.5) is 13.2 Å². The Labute approximate surface area is 122 Å². The Balaban J connectivity index is 2.93. The van der Waals surface area contributed by atoms with Crippen molar-refractivity contribution in [2.75, 3.05) is 0 Å². The largest absolute Gasteiger partial charge is 0.573 e. The van der Waals surface area contributed by atoms with Gasteiger partial charge in [-0.1, -0.05) is 24.6 Å². The summed E-state index contributed by atoms with van der Waals surface area (Å²) in [4.78, 5) is 0. The fourth-order valence-electron chi connectivity index (χ4n) is 1.95. The number of halogens is 4. The Kier molecular flexibility index (Phi) is 6.14. The van der Waals surface area contributed by atoms with Crippen LogP contribution in [0.3, 0.4) is 0 Å². The third kappa shape index (κ3) is 5.59. The minimum atomic E-state index is -4.74. The van der Waals surface area contributed by atoms with Gasteiger partial charge in [-0.25, -0.2) is 0 Å². The molecule has 1 aromatic rings. The van der Waals surface area contributed by atoms with E-state index in [1.54, 1.807) is 0 Å². The second-order valence-corrected chi connectivity index (χ2v) is 5.22. The van der Waals surface area contributed by atoms with E-state index in [9.17, 15) is 13.2 Å². The Morgan fingerprint density at radius 3 is 2.50 bits per heavy atom. The highest BCUT2D eigenvalue weighted by atomic mass is 35.5. The SMILES string of the molecule is CCc1cc(CCC[C@H](C)N)cc(OC(F)(F)F)c1Cl. The second-order valence-electron chi connectivity index (χ2n) is 4.84. The van der Waals surface area contributed by atoms with E-state index in [4.69, 9.17) is 17.3 Å². The maximum absolute atomic E-state index is 12.3. The molecule has 0 fully saturated rings. The molecule has 2 nitrogen and oxygen atoms in total. The molecule has 0 heterocycles. The molecule has 0 aliphatic carbocycles. The summed E-state index contributed by atoms with van der Waals surface area (Å²) in [5.41, 5.74) is 7.10. The fraction of sp³-hybridized carbons (Fsp3) is 0.571. The van der Waals surface area contributed by atoms with Gasteiger partial charge in [-0.3, -0.25) is 0 Å². The van der Waals surface area contributed by atoms with Crippen molar-refractivity contribution in [1.82, 2.24) is 0 Å². The van der Waals surface area contributed by atoms with Crippen LogP contribution in [0.1, 0.15) is 37.8 Å². The van der Waals surface area contributed by atoms with E-state index in [1.165, 1.54) is 6.07 Å². The van der Waals surface area contributed by atoms with Crippen LogP contribution in [-0.4, -0.2) is 12.4 Å². The number of alkyl halides is 3. The number of benzene rings is 1. The Morgan fingerprint density at radius 1 is 1.35 bits per heavy atom. The third-order valence-electron chi connectivity index (χ3n) is 2.91. The number of hydrogen-bond acceptors (Lipinski definition) is 2. The van der Waals surface area contributed by atoms with E-state index in [-0.39, 0.29) is 16.8 Å². The maximum Gasteiger partial charge on any atom is 0.573 e. The standard InChI is InChI=1S/C14H19ClF3NO/c1-3-11-7-10(6-4-5-9(2)19)8-12(13(11)15)20-14(16,17)18/h7-9H,3-6,19H2,1-2H3/t9-/m0/s1. The zero-order valence-corrected chi connectivity index (χ0v) is 12.3. The molecule has 0 amide bonds. The highest BCUT2D eigenvalue weighted by Gasteiger charge is 2.32. The average Bonchev–Trinajstić information content (AvgIpc) is 2.30. The van der Waals surface area contributed by atoms with Crippen LogP contribution in [0.15, 0.2) is 12.1 Å². The first-order chi connectivity index (χ1) is 9.23. The number of rotatable bonds is 6. The molecule has 0 saturated heterocycles. The molecule has 1 aromatic carbocycles. The quantitative estimate of drug-likeness (QED) is 0.841. The molecule has 0 bridgehead atoms. The van der Waals surface area contributed by atoms with Crippen LogP contribution in [0.25, 0.3) is 0 Å². The van der Waals surface area contributed by atoms with Gasteiger partial charge in [0.15, 0.2) is 0 Å². The van der Waals surface area contributed by atoms with Gasteiger partial charge in [-0.15, -0.1) is 13.2 Å². The van der Waals surface area contributed by atoms with Crippen molar-refractivity contribution in [3.05, 3.63) is 28.3 Å². The first kappa shape index (κ1) is 17.1. The summed E-state index contributed by atoms with van der Waals surface area (Å²) in [7, 11) is 0. The van der Waals surface area contributed by atoms with Gasteiger partial charge in [0, 0.05) is 6.04 Å². The smallest absolute Gasteiger partial charge is 0.404 e. The van der Waals surface area contributed by atoms with Gasteiger partial charge in [-0.2, -0.15) is 0 Å². The van der Waals surface area contributed by atoms with Crippen LogP contribution in [0.2, 0.25) is 5.02 Å². The Morgan fingerprint density at radius 2 is 2.00 bits per heavy atom. The predicted molar refractivity (Wildman–Crippen MR) is 74.1 cm³/mol. The minimum Gasteiger partial charge on any atom is -0.404 e. The van der Waals surface area contributed by atoms with Crippen LogP contribution in [0, 0.1) is 0 Å². The third-order valence-corrected chi connectivity index (χ3v) is 3.33. The van der Waals surface area contributed by atoms with Crippen molar-refractivity contribution in [3.63, 3.8) is 0 Å². The van der Waals surface area contributed by atoms with Crippen molar-refractivity contribution in [2.45, 2.75) is 51.9 Å². The molecule has 20 heavy (non-hydrogen) atoms. The first-order valence-electron chi connectivity index (χ1n) is 6.55. The van der Waals surface area contributed by atoms with E-state index in [0.717, 1.165) is 18.4 Å². The lowest BCUT2D eigenvalue weighted by molar-refractivity contribution is -0.274. The summed E-state index contributed by atoms with van der Waals surface area (Å²) in [6.07, 6.45) is -1.90. The number of ether oxygens (including phenoxy) is 1. The van der Waals surface area contributed by atoms with Crippen LogP contribution in [0.5, 0.6) is 5.75 Å². The summed E-state index contributed by atoms with van der Waals surface area (Å²) in [6, 6.07) is 3.27. The van der Waals surface area contributed by atoms with Crippen molar-refractivity contribution in [1.29, 1.82) is 0 Å². The molecule has 6 heteroatoms. The van der Waals surface area contributed by atoms with Gasteiger partial charge in [0.25, 0.3) is 0 Å². The molecule has 0 saturated carbocycles. The lowest BCUT2D eigenvalue weighted by Gasteiger charge is -2.15. The van der Waals surface area contributed by atoms with Gasteiger partial charge in [-0.05, 0) is 49.8 Å². The molecule has 1 rings (SSSR count). The van der Waals surface area contributed by atoms with Crippen LogP contribution in [-0.2, 0) is 12.8 Å². The number of hydrogen-bond donors (Lipinski definition) is 1. The lowest BCUT2D eigenvalue weighted by atomic mass is 10.0. The van der Waals surface area contributed by atoms with Crippen molar-refractivity contribution in [3.8, 4) is 5.75 Å². The van der Waals surface area contributed by atoms with E-state index < -0.39 is 6.36 Å². The molecule has 0 aromatic heterocycles. The summed E-state index contributed by atoms with van der Waals surface area (Å²) in [5.74, 6) is -0.325. The Bertz CT molecular complexity index is 447. The predicted octanol–water partition coefficient (Wildman–Crippen LogP) is 4.47. The summed E-state index contributed by atoms with van der Waals surface area (Å²) < 4.78 is 41.0. The topological polar surface area (TPSA) is 35.2 Å². The molecular formula is C14H19ClF3NO. The highest BCUT2D eigenvalue weighted by molar-refractivity contribution is 6.32. The van der Waals surface area contributed by atoms with E-state index >= 15 is 0 Å². The molecule has 0 aliphatic heterocycles. The van der Waals surface area contributed by atoms with Gasteiger partial charge in [0.2, 0.25) is 0 Å². The van der Waals surface area contributed by atoms with Gasteiger partial charge >= 0.3 is 6.36 Å². The van der Waals surface area contributed by atoms with E-state index in [0.29, 0.717) is 18.4 Å². The monoisotopic (exact) mass is 309 g/mol. The molecule has 114 valence electrons. The maximum atomic E-state index is 12.3. The van der Waals surface area contributed by atoms with Crippen molar-refractivity contribution < 1.29 is 17.9 Å². The van der Waals surface area contributed by atoms with Crippen LogP contribution >= 0.6 is 11.6 Å². The summed E-state index contributed by atoms with van der Waals surface area (Å²) in [5, 5.41) is 0.0285. The molecular weight excluding hydrogens is 291 g/mol. The minimum absolute atomic E-state index is 0.0285. The van der Waals surface area contributed by atoms with Gasteiger partial charge in [0.05, 0.1) is 5.02 Å². The average molecular weight is 310 g/mol. The molecule has 0 spiro atoms. The highest BCUT2D eigenvalue weighted by Crippen LogP contribution is 2.34. The van der Waals surface area contributed by atoms with Crippen LogP contribution < -0.4 is 10.5 Å². The second kappa shape index (κ2) is 7.18. The zero-order valence-electron chi connectivity index (χ0n) is 11.6. The van der Waals surface area contributed by atoms with E-state index in [2.05, 4.69) is 4.74 Å². The lowest BCUT2D eigenvalue weighted by Crippen LogP contribution is -2.18. The molecule has 0 unspecified atom stereocenters. The molecule has 0 aliphatic rings. The van der Waals surface area contributed by atoms with Gasteiger partial charge in [0.1, 0.15) is 5.75 Å². The van der Waals surface area contributed by atoms with Crippen molar-refractivity contribution in [2.24, 2.45) is 5.73 Å². The van der Waals surface area contributed by atoms with Gasteiger partial charge < -0.3 is 10.5 Å². The normalized spacial score (nSPS) is 13.3. The summed E-state index contributed by atoms with van der Waals surface area (Å²) in [6.45, 7) is 3.74. The number of aryl methyl sites for hydroxylation is 2. The summed E-state index contributed by atoms with van der Waals surface area (Å²) >= 11 is 5.93. The van der Waals surface area contributed by atoms with Crippen molar-refractivity contribution >= 4 is 11.6 Å². The fourth-order valence-corrected chi connectivity index (χ4v) is 2.23. The van der Waals surface area contributed by atoms with E-state index in [1.807, 2.05) is 19.9 Å².